The van der Waals surface area contributed by atoms with Crippen LogP contribution >= 0.6 is 0 Å². The number of carbonyl (C=O) groups excluding carboxylic acids is 1. The molecule has 1 atom stereocenters. The van der Waals surface area contributed by atoms with E-state index < -0.39 is 22.0 Å². The SMILES string of the molecule is COC(=O)CCCS(=O)(=O)NC(C)c1ncc(C)o1. The van der Waals surface area contributed by atoms with E-state index in [1.807, 2.05) is 0 Å². The number of nitrogens with zero attached hydrogens (tertiary/aromatic N) is 1. The van der Waals surface area contributed by atoms with Crippen LogP contribution < -0.4 is 4.72 Å². The summed E-state index contributed by atoms with van der Waals surface area (Å²) in [7, 11) is -2.22. The molecule has 7 nitrogen and oxygen atoms in total. The summed E-state index contributed by atoms with van der Waals surface area (Å²) in [6, 6.07) is -0.545. The highest BCUT2D eigenvalue weighted by Crippen LogP contribution is 2.13. The van der Waals surface area contributed by atoms with Gasteiger partial charge in [0.25, 0.3) is 0 Å². The predicted octanol–water partition coefficient (Wildman–Crippen LogP) is 0.917. The van der Waals surface area contributed by atoms with Gasteiger partial charge in [-0.25, -0.2) is 18.1 Å². The van der Waals surface area contributed by atoms with Crippen LogP contribution in [0.25, 0.3) is 0 Å². The average Bonchev–Trinajstić information content (AvgIpc) is 2.75. The van der Waals surface area contributed by atoms with Crippen molar-refractivity contribution < 1.29 is 22.4 Å². The van der Waals surface area contributed by atoms with Crippen LogP contribution in [0, 0.1) is 6.92 Å². The van der Waals surface area contributed by atoms with Crippen molar-refractivity contribution >= 4 is 16.0 Å². The van der Waals surface area contributed by atoms with Gasteiger partial charge in [-0.2, -0.15) is 0 Å². The molecule has 1 aromatic heterocycles. The molecule has 0 amide bonds. The molecule has 108 valence electrons. The maximum absolute atomic E-state index is 11.8. The Kier molecular flexibility index (Phi) is 5.49. The lowest BCUT2D eigenvalue weighted by Crippen LogP contribution is -2.29. The first-order valence-electron chi connectivity index (χ1n) is 5.83. The first-order valence-corrected chi connectivity index (χ1v) is 7.48. The molecule has 1 heterocycles. The van der Waals surface area contributed by atoms with Gasteiger partial charge in [0.2, 0.25) is 15.9 Å². The van der Waals surface area contributed by atoms with Crippen molar-refractivity contribution in [2.45, 2.75) is 32.7 Å². The van der Waals surface area contributed by atoms with Gasteiger partial charge in [0, 0.05) is 6.42 Å². The van der Waals surface area contributed by atoms with Crippen molar-refractivity contribution in [3.05, 3.63) is 17.8 Å². The first-order chi connectivity index (χ1) is 8.84. The number of aryl methyl sites for hydroxylation is 1. The molecule has 1 rings (SSSR count). The van der Waals surface area contributed by atoms with E-state index in [1.165, 1.54) is 13.3 Å². The van der Waals surface area contributed by atoms with Crippen LogP contribution in [0.15, 0.2) is 10.6 Å². The maximum atomic E-state index is 11.8. The molecular weight excluding hydrogens is 272 g/mol. The van der Waals surface area contributed by atoms with Gasteiger partial charge < -0.3 is 9.15 Å². The second-order valence-corrected chi connectivity index (χ2v) is 6.02. The number of esters is 1. The molecule has 0 aliphatic rings. The zero-order valence-electron chi connectivity index (χ0n) is 11.2. The monoisotopic (exact) mass is 290 g/mol. The minimum Gasteiger partial charge on any atom is -0.469 e. The summed E-state index contributed by atoms with van der Waals surface area (Å²) in [4.78, 5) is 14.8. The quantitative estimate of drug-likeness (QED) is 0.750. The second kappa shape index (κ2) is 6.67. The van der Waals surface area contributed by atoms with E-state index in [2.05, 4.69) is 14.4 Å². The Morgan fingerprint density at radius 2 is 2.26 bits per heavy atom. The highest BCUT2D eigenvalue weighted by molar-refractivity contribution is 7.89. The molecule has 0 aromatic carbocycles. The van der Waals surface area contributed by atoms with Crippen molar-refractivity contribution in [2.75, 3.05) is 12.9 Å². The molecule has 0 radical (unpaired) electrons. The molecule has 0 saturated heterocycles. The zero-order valence-corrected chi connectivity index (χ0v) is 12.0. The number of aromatic nitrogens is 1. The topological polar surface area (TPSA) is 98.5 Å². The van der Waals surface area contributed by atoms with Gasteiger partial charge in [-0.05, 0) is 20.3 Å². The Morgan fingerprint density at radius 1 is 1.58 bits per heavy atom. The Morgan fingerprint density at radius 3 is 2.79 bits per heavy atom. The fourth-order valence-corrected chi connectivity index (χ4v) is 2.74. The summed E-state index contributed by atoms with van der Waals surface area (Å²) in [6.45, 7) is 3.37. The van der Waals surface area contributed by atoms with Gasteiger partial charge >= 0.3 is 5.97 Å². The lowest BCUT2D eigenvalue weighted by atomic mass is 10.3. The van der Waals surface area contributed by atoms with Crippen LogP contribution in [0.4, 0.5) is 0 Å². The molecule has 1 aromatic rings. The van der Waals surface area contributed by atoms with Crippen LogP contribution in [0.2, 0.25) is 0 Å². The average molecular weight is 290 g/mol. The third-order valence-electron chi connectivity index (χ3n) is 2.39. The van der Waals surface area contributed by atoms with Crippen molar-refractivity contribution in [3.8, 4) is 0 Å². The number of rotatable bonds is 7. The van der Waals surface area contributed by atoms with Crippen molar-refractivity contribution in [2.24, 2.45) is 0 Å². The van der Waals surface area contributed by atoms with Crippen LogP contribution in [0.1, 0.15) is 37.5 Å². The van der Waals surface area contributed by atoms with Crippen molar-refractivity contribution in [3.63, 3.8) is 0 Å². The summed E-state index contributed by atoms with van der Waals surface area (Å²) in [5.41, 5.74) is 0. The Balaban J connectivity index is 2.48. The van der Waals surface area contributed by atoms with E-state index >= 15 is 0 Å². The second-order valence-electron chi connectivity index (χ2n) is 4.15. The number of hydrogen-bond acceptors (Lipinski definition) is 6. The number of nitrogens with one attached hydrogen (secondary N) is 1. The fourth-order valence-electron chi connectivity index (χ4n) is 1.46. The first kappa shape index (κ1) is 15.6. The zero-order chi connectivity index (χ0) is 14.5. The molecule has 19 heavy (non-hydrogen) atoms. The number of hydrogen-bond donors (Lipinski definition) is 1. The fraction of sp³-hybridized carbons (Fsp3) is 0.636. The van der Waals surface area contributed by atoms with Crippen LogP contribution in [0.3, 0.4) is 0 Å². The number of ether oxygens (including phenoxy) is 1. The minimum absolute atomic E-state index is 0.0733. The highest BCUT2D eigenvalue weighted by atomic mass is 32.2. The van der Waals surface area contributed by atoms with E-state index in [-0.39, 0.29) is 18.6 Å². The van der Waals surface area contributed by atoms with Crippen LogP contribution in [-0.2, 0) is 19.6 Å². The third-order valence-corrected chi connectivity index (χ3v) is 3.93. The van der Waals surface area contributed by atoms with Crippen molar-refractivity contribution in [1.82, 2.24) is 9.71 Å². The molecule has 0 bridgehead atoms. The van der Waals surface area contributed by atoms with Crippen molar-refractivity contribution in [1.29, 1.82) is 0 Å². The van der Waals surface area contributed by atoms with Crippen LogP contribution in [-0.4, -0.2) is 32.2 Å². The van der Waals surface area contributed by atoms with E-state index in [9.17, 15) is 13.2 Å². The molecule has 0 aliphatic heterocycles. The molecule has 1 N–H and O–H groups in total. The van der Waals surface area contributed by atoms with E-state index in [4.69, 9.17) is 4.42 Å². The van der Waals surface area contributed by atoms with Gasteiger partial charge in [-0.15, -0.1) is 0 Å². The molecule has 0 spiro atoms. The lowest BCUT2D eigenvalue weighted by molar-refractivity contribution is -0.140. The normalized spacial score (nSPS) is 13.2. The summed E-state index contributed by atoms with van der Waals surface area (Å²) in [5, 5.41) is 0. The molecular formula is C11H18N2O5S. The lowest BCUT2D eigenvalue weighted by Gasteiger charge is -2.10. The third kappa shape index (κ3) is 5.39. The number of methoxy groups -OCH3 is 1. The molecule has 8 heteroatoms. The molecule has 0 aliphatic carbocycles. The van der Waals surface area contributed by atoms with E-state index in [0.717, 1.165) is 0 Å². The smallest absolute Gasteiger partial charge is 0.305 e. The number of sulfonamides is 1. The largest absolute Gasteiger partial charge is 0.469 e. The highest BCUT2D eigenvalue weighted by Gasteiger charge is 2.19. The predicted molar refractivity (Wildman–Crippen MR) is 67.8 cm³/mol. The summed E-state index contributed by atoms with van der Waals surface area (Å²) < 4.78 is 35.6. The molecule has 0 saturated carbocycles. The van der Waals surface area contributed by atoms with Gasteiger partial charge in [0.15, 0.2) is 0 Å². The summed E-state index contributed by atoms with van der Waals surface area (Å²) in [6.07, 6.45) is 1.81. The summed E-state index contributed by atoms with van der Waals surface area (Å²) >= 11 is 0. The Hall–Kier alpha value is -1.41. The number of carbonyl (C=O) groups is 1. The van der Waals surface area contributed by atoms with E-state index in [1.54, 1.807) is 13.8 Å². The van der Waals surface area contributed by atoms with Gasteiger partial charge in [0.05, 0.1) is 25.1 Å². The maximum Gasteiger partial charge on any atom is 0.305 e. The van der Waals surface area contributed by atoms with Crippen LogP contribution in [0.5, 0.6) is 0 Å². The van der Waals surface area contributed by atoms with Gasteiger partial charge in [0.1, 0.15) is 5.76 Å². The van der Waals surface area contributed by atoms with E-state index in [0.29, 0.717) is 11.7 Å². The standard InChI is InChI=1S/C11H18N2O5S/c1-8-7-12-11(18-8)9(2)13-19(15,16)6-4-5-10(14)17-3/h7,9,13H,4-6H2,1-3H3. The Bertz CT molecular complexity index is 523. The molecule has 0 fully saturated rings. The minimum atomic E-state index is -3.48. The Labute approximate surface area is 112 Å². The molecule has 1 unspecified atom stereocenters. The van der Waals surface area contributed by atoms with Gasteiger partial charge in [-0.3, -0.25) is 4.79 Å². The number of oxazole rings is 1. The van der Waals surface area contributed by atoms with Gasteiger partial charge in [-0.1, -0.05) is 0 Å². The summed E-state index contributed by atoms with van der Waals surface area (Å²) in [5.74, 6) is 0.360.